The lowest BCUT2D eigenvalue weighted by atomic mass is 10.1. The zero-order valence-electron chi connectivity index (χ0n) is 12.3. The Labute approximate surface area is 144 Å². The molecule has 0 N–H and O–H groups in total. The second kappa shape index (κ2) is 6.07. The molecule has 3 aromatic rings. The van der Waals surface area contributed by atoms with Crippen LogP contribution in [-0.2, 0) is 6.18 Å². The summed E-state index contributed by atoms with van der Waals surface area (Å²) >= 11 is 7.05. The van der Waals surface area contributed by atoms with Crippen LogP contribution in [-0.4, -0.2) is 15.6 Å². The van der Waals surface area contributed by atoms with Crippen molar-refractivity contribution in [3.8, 4) is 16.3 Å². The summed E-state index contributed by atoms with van der Waals surface area (Å²) in [5, 5.41) is 3.68. The van der Waals surface area contributed by atoms with Crippen molar-refractivity contribution >= 4 is 28.7 Å². The van der Waals surface area contributed by atoms with Crippen LogP contribution in [0.25, 0.3) is 16.3 Å². The van der Waals surface area contributed by atoms with Crippen LogP contribution in [0, 0.1) is 0 Å². The number of ketones is 1. The lowest BCUT2D eigenvalue weighted by Crippen LogP contribution is -2.07. The lowest BCUT2D eigenvalue weighted by Gasteiger charge is -2.07. The first kappa shape index (κ1) is 16.7. The van der Waals surface area contributed by atoms with Gasteiger partial charge in [0.25, 0.3) is 0 Å². The molecular weight excluding hydrogens is 361 g/mol. The number of thiophene rings is 1. The molecule has 3 nitrogen and oxygen atoms in total. The van der Waals surface area contributed by atoms with E-state index in [1.54, 1.807) is 30.3 Å². The zero-order chi connectivity index (χ0) is 17.5. The number of nitrogens with zero attached hydrogens (tertiary/aromatic N) is 2. The Morgan fingerprint density at radius 3 is 2.54 bits per heavy atom. The Kier molecular flexibility index (Phi) is 4.23. The quantitative estimate of drug-likeness (QED) is 0.572. The van der Waals surface area contributed by atoms with Crippen LogP contribution in [0.3, 0.4) is 0 Å². The van der Waals surface area contributed by atoms with Crippen molar-refractivity contribution in [2.24, 2.45) is 0 Å². The highest BCUT2D eigenvalue weighted by Crippen LogP contribution is 2.36. The normalized spacial score (nSPS) is 11.7. The van der Waals surface area contributed by atoms with Gasteiger partial charge in [0.15, 0.2) is 11.5 Å². The molecule has 0 aliphatic heterocycles. The van der Waals surface area contributed by atoms with Crippen molar-refractivity contribution in [2.75, 3.05) is 0 Å². The highest BCUT2D eigenvalue weighted by atomic mass is 35.5. The number of halogens is 4. The molecule has 2 heterocycles. The summed E-state index contributed by atoms with van der Waals surface area (Å²) in [7, 11) is 0. The molecule has 0 saturated heterocycles. The number of aromatic nitrogens is 2. The molecule has 0 radical (unpaired) electrons. The van der Waals surface area contributed by atoms with Crippen LogP contribution >= 0.6 is 22.9 Å². The molecule has 0 amide bonds. The standard InChI is InChI=1S/C16H10ClF3N2OS/c1-9(23)10-3-2-4-11(7-10)22-12(13-5-6-15(17)24-13)8-14(21-22)16(18,19)20/h2-8H,1H3. The average Bonchev–Trinajstić information content (AvgIpc) is 3.13. The molecule has 0 bridgehead atoms. The van der Waals surface area contributed by atoms with Crippen LogP contribution < -0.4 is 0 Å². The number of rotatable bonds is 3. The minimum absolute atomic E-state index is 0.180. The van der Waals surface area contributed by atoms with Crippen LogP contribution in [0.15, 0.2) is 42.5 Å². The Balaban J connectivity index is 2.21. The van der Waals surface area contributed by atoms with Gasteiger partial charge in [0.05, 0.1) is 20.6 Å². The van der Waals surface area contributed by atoms with Crippen molar-refractivity contribution in [3.05, 3.63) is 58.1 Å². The number of carbonyl (C=O) groups excluding carboxylic acids is 1. The lowest BCUT2D eigenvalue weighted by molar-refractivity contribution is -0.141. The highest BCUT2D eigenvalue weighted by Gasteiger charge is 2.35. The van der Waals surface area contributed by atoms with Crippen molar-refractivity contribution in [3.63, 3.8) is 0 Å². The summed E-state index contributed by atoms with van der Waals surface area (Å²) in [5.74, 6) is -0.180. The summed E-state index contributed by atoms with van der Waals surface area (Å²) in [6, 6.07) is 10.5. The predicted molar refractivity (Wildman–Crippen MR) is 86.9 cm³/mol. The Bertz CT molecular complexity index is 914. The second-order valence-electron chi connectivity index (χ2n) is 5.03. The molecule has 0 atom stereocenters. The fraction of sp³-hybridized carbons (Fsp3) is 0.125. The monoisotopic (exact) mass is 370 g/mol. The van der Waals surface area contributed by atoms with Crippen molar-refractivity contribution in [2.45, 2.75) is 13.1 Å². The van der Waals surface area contributed by atoms with Crippen LogP contribution in [0.4, 0.5) is 13.2 Å². The van der Waals surface area contributed by atoms with Gasteiger partial charge in [-0.3, -0.25) is 4.79 Å². The molecule has 124 valence electrons. The van der Waals surface area contributed by atoms with Gasteiger partial charge in [-0.05, 0) is 37.3 Å². The SMILES string of the molecule is CC(=O)c1cccc(-n2nc(C(F)(F)F)cc2-c2ccc(Cl)s2)c1. The average molecular weight is 371 g/mol. The van der Waals surface area contributed by atoms with E-state index >= 15 is 0 Å². The Morgan fingerprint density at radius 1 is 1.21 bits per heavy atom. The summed E-state index contributed by atoms with van der Waals surface area (Å²) < 4.78 is 40.9. The maximum atomic E-state index is 13.1. The maximum absolute atomic E-state index is 13.1. The summed E-state index contributed by atoms with van der Waals surface area (Å²) in [6.45, 7) is 1.39. The van der Waals surface area contributed by atoms with Crippen molar-refractivity contribution in [1.29, 1.82) is 0 Å². The summed E-state index contributed by atoms with van der Waals surface area (Å²) in [6.07, 6.45) is -4.57. The minimum Gasteiger partial charge on any atom is -0.295 e. The smallest absolute Gasteiger partial charge is 0.295 e. The third-order valence-electron chi connectivity index (χ3n) is 3.32. The van der Waals surface area contributed by atoms with Gasteiger partial charge in [0, 0.05) is 5.56 Å². The molecule has 24 heavy (non-hydrogen) atoms. The topological polar surface area (TPSA) is 34.9 Å². The molecule has 0 saturated carbocycles. The third kappa shape index (κ3) is 3.22. The van der Waals surface area contributed by atoms with Gasteiger partial charge in [-0.1, -0.05) is 23.7 Å². The van der Waals surface area contributed by atoms with E-state index in [9.17, 15) is 18.0 Å². The van der Waals surface area contributed by atoms with E-state index < -0.39 is 11.9 Å². The van der Waals surface area contributed by atoms with Gasteiger partial charge < -0.3 is 0 Å². The summed E-state index contributed by atoms with van der Waals surface area (Å²) in [5.41, 5.74) is 0.0274. The molecule has 1 aromatic carbocycles. The molecule has 8 heteroatoms. The number of hydrogen-bond acceptors (Lipinski definition) is 3. The zero-order valence-corrected chi connectivity index (χ0v) is 13.8. The van der Waals surface area contributed by atoms with Crippen molar-refractivity contribution < 1.29 is 18.0 Å². The Morgan fingerprint density at radius 2 is 1.96 bits per heavy atom. The summed E-state index contributed by atoms with van der Waals surface area (Å²) in [4.78, 5) is 12.1. The number of alkyl halides is 3. The largest absolute Gasteiger partial charge is 0.435 e. The molecule has 2 aromatic heterocycles. The molecule has 0 fully saturated rings. The van der Waals surface area contributed by atoms with Gasteiger partial charge in [0.2, 0.25) is 0 Å². The van der Waals surface area contributed by atoms with Crippen LogP contribution in [0.2, 0.25) is 4.34 Å². The van der Waals surface area contributed by atoms with Gasteiger partial charge >= 0.3 is 6.18 Å². The fourth-order valence-electron chi connectivity index (χ4n) is 2.20. The van der Waals surface area contributed by atoms with E-state index in [0.717, 1.165) is 17.4 Å². The van der Waals surface area contributed by atoms with E-state index in [1.807, 2.05) is 0 Å². The van der Waals surface area contributed by atoms with E-state index in [1.165, 1.54) is 17.7 Å². The number of benzene rings is 1. The van der Waals surface area contributed by atoms with Gasteiger partial charge in [-0.2, -0.15) is 18.3 Å². The van der Waals surface area contributed by atoms with Gasteiger partial charge in [-0.25, -0.2) is 4.68 Å². The van der Waals surface area contributed by atoms with Crippen LogP contribution in [0.5, 0.6) is 0 Å². The third-order valence-corrected chi connectivity index (χ3v) is 4.58. The second-order valence-corrected chi connectivity index (χ2v) is 6.75. The van der Waals surface area contributed by atoms with Gasteiger partial charge in [0.1, 0.15) is 0 Å². The van der Waals surface area contributed by atoms with E-state index in [2.05, 4.69) is 5.10 Å². The molecule has 0 aliphatic rings. The van der Waals surface area contributed by atoms with E-state index in [0.29, 0.717) is 20.5 Å². The Hall–Kier alpha value is -2.12. The highest BCUT2D eigenvalue weighted by molar-refractivity contribution is 7.19. The molecule has 0 unspecified atom stereocenters. The molecular formula is C16H10ClF3N2OS. The molecule has 0 aliphatic carbocycles. The van der Waals surface area contributed by atoms with Crippen LogP contribution in [0.1, 0.15) is 23.0 Å². The van der Waals surface area contributed by atoms with Crippen molar-refractivity contribution in [1.82, 2.24) is 9.78 Å². The first-order chi connectivity index (χ1) is 11.3. The van der Waals surface area contributed by atoms with Gasteiger partial charge in [-0.15, -0.1) is 11.3 Å². The molecule has 0 spiro atoms. The molecule has 3 rings (SSSR count). The first-order valence-electron chi connectivity index (χ1n) is 6.80. The number of Topliss-reactive ketones (excluding diaryl/α,β-unsaturated/α-hetero) is 1. The van der Waals surface area contributed by atoms with E-state index in [4.69, 9.17) is 11.6 Å². The predicted octanol–water partition coefficient (Wildman–Crippen LogP) is 5.48. The number of carbonyl (C=O) groups is 1. The minimum atomic E-state index is -4.57. The maximum Gasteiger partial charge on any atom is 0.435 e. The fourth-order valence-corrected chi connectivity index (χ4v) is 3.25. The number of hydrogen-bond donors (Lipinski definition) is 0. The first-order valence-corrected chi connectivity index (χ1v) is 7.99. The van der Waals surface area contributed by atoms with E-state index in [-0.39, 0.29) is 11.5 Å².